The third-order valence-electron chi connectivity index (χ3n) is 4.17. The molecule has 0 radical (unpaired) electrons. The van der Waals surface area contributed by atoms with Crippen molar-refractivity contribution in [2.45, 2.75) is 40.5 Å². The molecule has 2 atom stereocenters. The molecule has 0 aliphatic rings. The quantitative estimate of drug-likeness (QED) is 0.247. The van der Waals surface area contributed by atoms with Crippen molar-refractivity contribution in [1.82, 2.24) is 0 Å². The molecular weight excluding hydrogens is 388 g/mol. The fourth-order valence-corrected chi connectivity index (χ4v) is 2.40. The van der Waals surface area contributed by atoms with E-state index in [2.05, 4.69) is 79.5 Å². The van der Waals surface area contributed by atoms with Gasteiger partial charge in [-0.15, -0.1) is 12.4 Å². The lowest BCUT2D eigenvalue weighted by molar-refractivity contribution is 0.311. The Morgan fingerprint density at radius 1 is 0.931 bits per heavy atom. The molecule has 0 aliphatic carbocycles. The SMILES string of the molecule is Cc1ccc(C[C@H](C)/C(N)=N/O)cc1.Cc1ccc(C[C@H](C)C#N)cc1.Cl.NO. The Morgan fingerprint density at radius 3 is 1.66 bits per heavy atom. The standard InChI is InChI=1S/C11H16N2O.C11H13N.ClH.H3NO/c1-8-3-5-10(6-4-8)7-9(2)11(12)13-14;1-9-3-5-11(6-4-9)7-10(2)8-12;;1-2/h3-6,9,14H,7H2,1-2H3,(H2,12,13);3-6,10H,7H2,1-2H3;1H;2H,1H2/t9-;10-;;/m00../s1. The van der Waals surface area contributed by atoms with E-state index in [0.29, 0.717) is 0 Å². The van der Waals surface area contributed by atoms with Gasteiger partial charge in [0.2, 0.25) is 0 Å². The highest BCUT2D eigenvalue weighted by molar-refractivity contribution is 5.85. The van der Waals surface area contributed by atoms with Crippen LogP contribution in [0.3, 0.4) is 0 Å². The van der Waals surface area contributed by atoms with E-state index in [9.17, 15) is 0 Å². The van der Waals surface area contributed by atoms with E-state index in [4.69, 9.17) is 21.4 Å². The summed E-state index contributed by atoms with van der Waals surface area (Å²) in [6.07, 6.45) is 1.66. The maximum Gasteiger partial charge on any atom is 0.142 e. The summed E-state index contributed by atoms with van der Waals surface area (Å²) in [4.78, 5) is 0. The van der Waals surface area contributed by atoms with Crippen LogP contribution in [-0.2, 0) is 12.8 Å². The summed E-state index contributed by atoms with van der Waals surface area (Å²) in [6.45, 7) is 8.00. The number of nitriles is 1. The van der Waals surface area contributed by atoms with Crippen molar-refractivity contribution < 1.29 is 10.4 Å². The fraction of sp³-hybridized carbons (Fsp3) is 0.364. The lowest BCUT2D eigenvalue weighted by atomic mass is 9.99. The topological polar surface area (TPSA) is 129 Å². The van der Waals surface area contributed by atoms with Crippen molar-refractivity contribution >= 4 is 18.2 Å². The van der Waals surface area contributed by atoms with Crippen molar-refractivity contribution in [3.63, 3.8) is 0 Å². The van der Waals surface area contributed by atoms with Gasteiger partial charge in [-0.3, -0.25) is 0 Å². The van der Waals surface area contributed by atoms with E-state index < -0.39 is 0 Å². The van der Waals surface area contributed by atoms with Crippen LogP contribution >= 0.6 is 12.4 Å². The Kier molecular flexibility index (Phi) is 16.2. The van der Waals surface area contributed by atoms with Crippen molar-refractivity contribution in [2.24, 2.45) is 28.6 Å². The number of hydrogen-bond donors (Lipinski definition) is 4. The summed E-state index contributed by atoms with van der Waals surface area (Å²) >= 11 is 0. The molecule has 0 heterocycles. The summed E-state index contributed by atoms with van der Waals surface area (Å²) in [5.74, 6) is 3.97. The van der Waals surface area contributed by atoms with Crippen molar-refractivity contribution in [2.75, 3.05) is 0 Å². The van der Waals surface area contributed by atoms with Gasteiger partial charge in [-0.05, 0) is 44.7 Å². The molecule has 2 aromatic carbocycles. The van der Waals surface area contributed by atoms with E-state index in [0.717, 1.165) is 12.8 Å². The summed E-state index contributed by atoms with van der Waals surface area (Å²) in [5.41, 5.74) is 10.5. The summed E-state index contributed by atoms with van der Waals surface area (Å²) in [6, 6.07) is 18.8. The van der Waals surface area contributed by atoms with Crippen LogP contribution in [0.15, 0.2) is 53.7 Å². The summed E-state index contributed by atoms with van der Waals surface area (Å²) in [5, 5.41) is 26.6. The fourth-order valence-electron chi connectivity index (χ4n) is 2.40. The predicted molar refractivity (Wildman–Crippen MR) is 120 cm³/mol. The lowest BCUT2D eigenvalue weighted by Gasteiger charge is -2.09. The number of hydrogen-bond acceptors (Lipinski definition) is 5. The zero-order chi connectivity index (χ0) is 21.5. The Bertz CT molecular complexity index is 741. The Labute approximate surface area is 180 Å². The minimum atomic E-state index is 0. The van der Waals surface area contributed by atoms with Crippen LogP contribution in [0.5, 0.6) is 0 Å². The van der Waals surface area contributed by atoms with Gasteiger partial charge in [0.05, 0.1) is 6.07 Å². The first kappa shape index (κ1) is 28.6. The largest absolute Gasteiger partial charge is 0.409 e. The molecule has 0 amide bonds. The monoisotopic (exact) mass is 420 g/mol. The first-order valence-electron chi connectivity index (χ1n) is 9.09. The van der Waals surface area contributed by atoms with Crippen LogP contribution in [0.25, 0.3) is 0 Å². The highest BCUT2D eigenvalue weighted by Crippen LogP contribution is 2.10. The van der Waals surface area contributed by atoms with Gasteiger partial charge in [-0.2, -0.15) is 5.26 Å². The second kappa shape index (κ2) is 16.4. The first-order valence-corrected chi connectivity index (χ1v) is 9.09. The van der Waals surface area contributed by atoms with Gasteiger partial charge in [0, 0.05) is 11.8 Å². The number of rotatable bonds is 5. The number of oxime groups is 1. The number of amidine groups is 1. The average Bonchev–Trinajstić information content (AvgIpc) is 2.72. The van der Waals surface area contributed by atoms with E-state index in [1.807, 2.05) is 13.8 Å². The molecule has 0 fully saturated rings. The normalized spacial score (nSPS) is 12.0. The molecular formula is C22H33ClN4O2. The van der Waals surface area contributed by atoms with Gasteiger partial charge in [0.1, 0.15) is 5.84 Å². The minimum Gasteiger partial charge on any atom is -0.409 e. The van der Waals surface area contributed by atoms with Gasteiger partial charge >= 0.3 is 0 Å². The van der Waals surface area contributed by atoms with Gasteiger partial charge in [-0.25, -0.2) is 5.90 Å². The molecule has 0 aromatic heterocycles. The molecule has 0 saturated heterocycles. The van der Waals surface area contributed by atoms with Gasteiger partial charge < -0.3 is 16.1 Å². The average molecular weight is 421 g/mol. The Morgan fingerprint density at radius 2 is 1.31 bits per heavy atom. The number of halogens is 1. The Balaban J connectivity index is 0. The minimum absolute atomic E-state index is 0. The van der Waals surface area contributed by atoms with Crippen LogP contribution < -0.4 is 11.6 Å². The van der Waals surface area contributed by atoms with Crippen molar-refractivity contribution in [1.29, 1.82) is 5.26 Å². The van der Waals surface area contributed by atoms with Crippen LogP contribution in [0.4, 0.5) is 0 Å². The van der Waals surface area contributed by atoms with E-state index in [-0.39, 0.29) is 30.1 Å². The molecule has 6 N–H and O–H groups in total. The highest BCUT2D eigenvalue weighted by atomic mass is 35.5. The molecule has 0 unspecified atom stereocenters. The number of aryl methyl sites for hydroxylation is 2. The molecule has 2 rings (SSSR count). The smallest absolute Gasteiger partial charge is 0.142 e. The maximum atomic E-state index is 8.60. The predicted octanol–water partition coefficient (Wildman–Crippen LogP) is 4.37. The van der Waals surface area contributed by atoms with Gasteiger partial charge in [0.15, 0.2) is 0 Å². The summed E-state index contributed by atoms with van der Waals surface area (Å²) < 4.78 is 0. The number of nitrogens with zero attached hydrogens (tertiary/aromatic N) is 2. The van der Waals surface area contributed by atoms with E-state index in [1.165, 1.54) is 22.3 Å². The van der Waals surface area contributed by atoms with Crippen LogP contribution in [-0.4, -0.2) is 16.3 Å². The molecule has 0 bridgehead atoms. The van der Waals surface area contributed by atoms with E-state index in [1.54, 1.807) is 0 Å². The van der Waals surface area contributed by atoms with Crippen LogP contribution in [0.2, 0.25) is 0 Å². The number of nitrogens with two attached hydrogens (primary N) is 2. The highest BCUT2D eigenvalue weighted by Gasteiger charge is 2.08. The van der Waals surface area contributed by atoms with Gasteiger partial charge in [-0.1, -0.05) is 71.7 Å². The zero-order valence-corrected chi connectivity index (χ0v) is 18.4. The molecule has 0 spiro atoms. The number of benzene rings is 2. The third-order valence-corrected chi connectivity index (χ3v) is 4.17. The molecule has 29 heavy (non-hydrogen) atoms. The third kappa shape index (κ3) is 12.5. The maximum absolute atomic E-state index is 8.60. The zero-order valence-electron chi connectivity index (χ0n) is 17.5. The molecule has 7 heteroatoms. The Hall–Kier alpha value is -2.59. The second-order valence-corrected chi connectivity index (χ2v) is 6.84. The molecule has 0 saturated carbocycles. The molecule has 160 valence electrons. The summed E-state index contributed by atoms with van der Waals surface area (Å²) in [7, 11) is 0. The van der Waals surface area contributed by atoms with E-state index >= 15 is 0 Å². The second-order valence-electron chi connectivity index (χ2n) is 6.84. The lowest BCUT2D eigenvalue weighted by Crippen LogP contribution is -2.22. The van der Waals surface area contributed by atoms with Crippen LogP contribution in [0.1, 0.15) is 36.1 Å². The first-order chi connectivity index (χ1) is 13.3. The molecule has 6 nitrogen and oxygen atoms in total. The van der Waals surface area contributed by atoms with Crippen molar-refractivity contribution in [3.8, 4) is 6.07 Å². The van der Waals surface area contributed by atoms with Crippen molar-refractivity contribution in [3.05, 3.63) is 70.8 Å². The van der Waals surface area contributed by atoms with Gasteiger partial charge in [0.25, 0.3) is 0 Å². The molecule has 0 aliphatic heterocycles. The van der Waals surface area contributed by atoms with Crippen LogP contribution in [0, 0.1) is 37.0 Å². The molecule has 2 aromatic rings.